The van der Waals surface area contributed by atoms with Crippen molar-refractivity contribution < 1.29 is 14.3 Å². The Kier molecular flexibility index (Phi) is 6.92. The van der Waals surface area contributed by atoms with E-state index in [1.54, 1.807) is 12.1 Å². The Hall–Kier alpha value is -1.51. The molecule has 1 rings (SSSR count). The summed E-state index contributed by atoms with van der Waals surface area (Å²) in [4.78, 5) is 10.9. The first-order valence-corrected chi connectivity index (χ1v) is 6.66. The maximum absolute atomic E-state index is 10.9. The molecule has 1 aromatic rings. The smallest absolute Gasteiger partial charge is 0.153 e. The van der Waals surface area contributed by atoms with Gasteiger partial charge in [-0.15, -0.1) is 0 Å². The second kappa shape index (κ2) is 8.56. The van der Waals surface area contributed by atoms with E-state index in [2.05, 4.69) is 13.8 Å². The van der Waals surface area contributed by atoms with Crippen LogP contribution in [-0.2, 0) is 0 Å². The Morgan fingerprint density at radius 2 is 1.72 bits per heavy atom. The molecule has 3 heteroatoms. The highest BCUT2D eigenvalue weighted by Gasteiger charge is 2.05. The second-order valence-corrected chi connectivity index (χ2v) is 4.22. The minimum atomic E-state index is 0.578. The molecular weight excluding hydrogens is 228 g/mol. The van der Waals surface area contributed by atoms with E-state index in [0.717, 1.165) is 37.7 Å². The summed E-state index contributed by atoms with van der Waals surface area (Å²) in [6.07, 6.45) is 5.01. The number of hydrogen-bond donors (Lipinski definition) is 0. The lowest BCUT2D eigenvalue weighted by Gasteiger charge is -2.11. The summed E-state index contributed by atoms with van der Waals surface area (Å²) in [5, 5.41) is 0. The van der Waals surface area contributed by atoms with Crippen LogP contribution in [0.15, 0.2) is 18.2 Å². The fraction of sp³-hybridized carbons (Fsp3) is 0.533. The van der Waals surface area contributed by atoms with Crippen molar-refractivity contribution in [2.75, 3.05) is 13.2 Å². The van der Waals surface area contributed by atoms with E-state index in [-0.39, 0.29) is 0 Å². The van der Waals surface area contributed by atoms with Gasteiger partial charge >= 0.3 is 0 Å². The molecule has 0 bridgehead atoms. The van der Waals surface area contributed by atoms with Crippen LogP contribution in [0.1, 0.15) is 49.9 Å². The highest BCUT2D eigenvalue weighted by molar-refractivity contribution is 5.79. The van der Waals surface area contributed by atoms with Crippen molar-refractivity contribution >= 4 is 6.29 Å². The van der Waals surface area contributed by atoms with Gasteiger partial charge < -0.3 is 9.47 Å². The predicted molar refractivity (Wildman–Crippen MR) is 72.6 cm³/mol. The molecule has 0 radical (unpaired) electrons. The molecule has 0 fully saturated rings. The van der Waals surface area contributed by atoms with Crippen LogP contribution in [0.5, 0.6) is 11.5 Å². The van der Waals surface area contributed by atoms with Gasteiger partial charge in [0.2, 0.25) is 0 Å². The molecule has 100 valence electrons. The highest BCUT2D eigenvalue weighted by Crippen LogP contribution is 2.24. The third kappa shape index (κ3) is 4.78. The average Bonchev–Trinajstić information content (AvgIpc) is 2.40. The zero-order valence-electron chi connectivity index (χ0n) is 11.3. The molecule has 0 saturated carbocycles. The monoisotopic (exact) mass is 250 g/mol. The lowest BCUT2D eigenvalue weighted by Crippen LogP contribution is -2.01. The van der Waals surface area contributed by atoms with Gasteiger partial charge in [0.1, 0.15) is 11.5 Å². The normalized spacial score (nSPS) is 10.1. The zero-order chi connectivity index (χ0) is 13.2. The van der Waals surface area contributed by atoms with Gasteiger partial charge in [0, 0.05) is 6.07 Å². The number of rotatable bonds is 9. The molecule has 0 aliphatic carbocycles. The zero-order valence-corrected chi connectivity index (χ0v) is 11.3. The maximum Gasteiger partial charge on any atom is 0.153 e. The summed E-state index contributed by atoms with van der Waals surface area (Å²) < 4.78 is 11.2. The molecule has 0 aliphatic rings. The summed E-state index contributed by atoms with van der Waals surface area (Å²) in [6, 6.07) is 5.36. The molecule has 0 heterocycles. The number of aldehydes is 1. The van der Waals surface area contributed by atoms with Crippen molar-refractivity contribution in [2.24, 2.45) is 0 Å². The summed E-state index contributed by atoms with van der Waals surface area (Å²) in [7, 11) is 0. The highest BCUT2D eigenvalue weighted by atomic mass is 16.5. The largest absolute Gasteiger partial charge is 0.493 e. The molecule has 3 nitrogen and oxygen atoms in total. The van der Waals surface area contributed by atoms with Crippen LogP contribution >= 0.6 is 0 Å². The van der Waals surface area contributed by atoms with Crippen LogP contribution in [0.25, 0.3) is 0 Å². The first-order chi connectivity index (χ1) is 8.81. The molecule has 0 saturated heterocycles. The number of benzene rings is 1. The molecule has 0 N–H and O–H groups in total. The number of hydrogen-bond acceptors (Lipinski definition) is 3. The van der Waals surface area contributed by atoms with Crippen molar-refractivity contribution in [3.63, 3.8) is 0 Å². The molecule has 0 unspecified atom stereocenters. The van der Waals surface area contributed by atoms with Gasteiger partial charge in [-0.05, 0) is 25.0 Å². The van der Waals surface area contributed by atoms with Gasteiger partial charge in [-0.3, -0.25) is 4.79 Å². The van der Waals surface area contributed by atoms with Crippen LogP contribution in [0.3, 0.4) is 0 Å². The van der Waals surface area contributed by atoms with E-state index >= 15 is 0 Å². The summed E-state index contributed by atoms with van der Waals surface area (Å²) in [5.41, 5.74) is 0.578. The number of carbonyl (C=O) groups excluding carboxylic acids is 1. The Labute approximate surface area is 109 Å². The van der Waals surface area contributed by atoms with E-state index in [1.165, 1.54) is 0 Å². The number of unbranched alkanes of at least 4 members (excludes halogenated alkanes) is 2. The van der Waals surface area contributed by atoms with Gasteiger partial charge in [-0.25, -0.2) is 0 Å². The van der Waals surface area contributed by atoms with Gasteiger partial charge in [-0.2, -0.15) is 0 Å². The van der Waals surface area contributed by atoms with Crippen LogP contribution in [0, 0.1) is 0 Å². The van der Waals surface area contributed by atoms with Gasteiger partial charge in [0.25, 0.3) is 0 Å². The number of carbonyl (C=O) groups is 1. The van der Waals surface area contributed by atoms with E-state index in [0.29, 0.717) is 24.5 Å². The summed E-state index contributed by atoms with van der Waals surface area (Å²) in [6.45, 7) is 5.56. The number of ether oxygens (including phenoxy) is 2. The first-order valence-electron chi connectivity index (χ1n) is 6.66. The van der Waals surface area contributed by atoms with Crippen LogP contribution in [-0.4, -0.2) is 19.5 Å². The molecule has 0 atom stereocenters. The lowest BCUT2D eigenvalue weighted by atomic mass is 10.2. The molecule has 0 spiro atoms. The Balaban J connectivity index is 2.65. The van der Waals surface area contributed by atoms with Crippen LogP contribution in [0.2, 0.25) is 0 Å². The molecule has 1 aromatic carbocycles. The minimum Gasteiger partial charge on any atom is -0.493 e. The van der Waals surface area contributed by atoms with Crippen molar-refractivity contribution in [1.82, 2.24) is 0 Å². The first kappa shape index (κ1) is 14.6. The predicted octanol–water partition coefficient (Wildman–Crippen LogP) is 3.86. The molecule has 0 aliphatic heterocycles. The fourth-order valence-electron chi connectivity index (χ4n) is 1.49. The van der Waals surface area contributed by atoms with E-state index in [9.17, 15) is 4.79 Å². The van der Waals surface area contributed by atoms with Gasteiger partial charge in [0.15, 0.2) is 6.29 Å². The topological polar surface area (TPSA) is 35.5 Å². The molecule has 0 amide bonds. The molecule has 18 heavy (non-hydrogen) atoms. The van der Waals surface area contributed by atoms with E-state index < -0.39 is 0 Å². The van der Waals surface area contributed by atoms with E-state index in [4.69, 9.17) is 9.47 Å². The van der Waals surface area contributed by atoms with Crippen molar-refractivity contribution in [2.45, 2.75) is 39.5 Å². The van der Waals surface area contributed by atoms with Crippen molar-refractivity contribution in [1.29, 1.82) is 0 Å². The molecular formula is C15H22O3. The Bertz CT molecular complexity index is 361. The average molecular weight is 250 g/mol. The summed E-state index contributed by atoms with van der Waals surface area (Å²) in [5.74, 6) is 1.38. The minimum absolute atomic E-state index is 0.578. The van der Waals surface area contributed by atoms with Crippen LogP contribution in [0.4, 0.5) is 0 Å². The Morgan fingerprint density at radius 1 is 1.06 bits per heavy atom. The third-order valence-corrected chi connectivity index (χ3v) is 2.63. The third-order valence-electron chi connectivity index (χ3n) is 2.63. The van der Waals surface area contributed by atoms with E-state index in [1.807, 2.05) is 6.07 Å². The maximum atomic E-state index is 10.9. The lowest BCUT2D eigenvalue weighted by molar-refractivity contribution is 0.111. The summed E-state index contributed by atoms with van der Waals surface area (Å²) >= 11 is 0. The SMILES string of the molecule is CCCCOc1ccc(C=O)c(OCCCC)c1. The molecule has 0 aromatic heterocycles. The van der Waals surface area contributed by atoms with Crippen LogP contribution < -0.4 is 9.47 Å². The van der Waals surface area contributed by atoms with Crippen molar-refractivity contribution in [3.05, 3.63) is 23.8 Å². The Morgan fingerprint density at radius 3 is 2.33 bits per heavy atom. The fourth-order valence-corrected chi connectivity index (χ4v) is 1.49. The second-order valence-electron chi connectivity index (χ2n) is 4.22. The van der Waals surface area contributed by atoms with Gasteiger partial charge in [-0.1, -0.05) is 26.7 Å². The standard InChI is InChI=1S/C15H22O3/c1-3-5-9-17-14-8-7-13(12-16)15(11-14)18-10-6-4-2/h7-8,11-12H,3-6,9-10H2,1-2H3. The van der Waals surface area contributed by atoms with Crippen molar-refractivity contribution in [3.8, 4) is 11.5 Å². The van der Waals surface area contributed by atoms with Gasteiger partial charge in [0.05, 0.1) is 18.8 Å². The quantitative estimate of drug-likeness (QED) is 0.493.